The number of anilines is 1. The summed E-state index contributed by atoms with van der Waals surface area (Å²) in [6.07, 6.45) is -4.50. The number of H-pyrrole nitrogens is 1. The molecule has 0 fully saturated rings. The van der Waals surface area contributed by atoms with E-state index in [9.17, 15) is 22.8 Å². The Morgan fingerprint density at radius 2 is 1.74 bits per heavy atom. The molecule has 4 rings (SSSR count). The van der Waals surface area contributed by atoms with Crippen LogP contribution in [0.1, 0.15) is 40.2 Å². The maximum absolute atomic E-state index is 12.9. The van der Waals surface area contributed by atoms with Crippen LogP contribution in [-0.2, 0) is 16.7 Å². The second-order valence-electron chi connectivity index (χ2n) is 7.33. The molecule has 1 atom stereocenters. The van der Waals surface area contributed by atoms with E-state index in [2.05, 4.69) is 15.3 Å². The van der Waals surface area contributed by atoms with Crippen LogP contribution in [0.25, 0.3) is 0 Å². The minimum absolute atomic E-state index is 0.0427. The van der Waals surface area contributed by atoms with Crippen molar-refractivity contribution in [2.75, 3.05) is 5.32 Å². The third-order valence-corrected chi connectivity index (χ3v) is 6.01. The highest BCUT2D eigenvalue weighted by molar-refractivity contribution is 7.98. The molecule has 0 bridgehead atoms. The van der Waals surface area contributed by atoms with E-state index in [1.54, 1.807) is 0 Å². The maximum atomic E-state index is 12.9. The van der Waals surface area contributed by atoms with E-state index in [0.717, 1.165) is 23.3 Å². The Labute approximate surface area is 180 Å². The normalized spacial score (nSPS) is 16.0. The molecular weight excluding hydrogens is 427 g/mol. The van der Waals surface area contributed by atoms with Crippen LogP contribution in [0.15, 0.2) is 58.5 Å². The molecule has 1 aliphatic rings. The van der Waals surface area contributed by atoms with Crippen LogP contribution >= 0.6 is 11.8 Å². The minimum atomic E-state index is -4.46. The molecule has 2 N–H and O–H groups in total. The minimum Gasteiger partial charge on any atom is -0.310 e. The number of thioether (sulfide) groups is 1. The summed E-state index contributed by atoms with van der Waals surface area (Å²) in [4.78, 5) is 32.2. The summed E-state index contributed by atoms with van der Waals surface area (Å²) in [6.45, 7) is 2.00. The van der Waals surface area contributed by atoms with Gasteiger partial charge in [-0.3, -0.25) is 9.59 Å². The van der Waals surface area contributed by atoms with Gasteiger partial charge in [0.25, 0.3) is 5.56 Å². The number of alkyl halides is 3. The summed E-state index contributed by atoms with van der Waals surface area (Å²) in [5.74, 6) is -0.280. The molecule has 1 aliphatic heterocycles. The van der Waals surface area contributed by atoms with Crippen LogP contribution in [0, 0.1) is 6.92 Å². The number of carbonyl (C=O) groups excluding carboxylic acids is 1. The Morgan fingerprint density at radius 1 is 1.06 bits per heavy atom. The lowest BCUT2D eigenvalue weighted by Crippen LogP contribution is -2.31. The molecule has 0 saturated carbocycles. The number of rotatable bonds is 4. The third kappa shape index (κ3) is 4.66. The van der Waals surface area contributed by atoms with Crippen molar-refractivity contribution < 1.29 is 18.0 Å². The van der Waals surface area contributed by atoms with Gasteiger partial charge in [0.1, 0.15) is 5.82 Å². The summed E-state index contributed by atoms with van der Waals surface area (Å²) in [6, 6.07) is 12.5. The standard InChI is InChI=1S/C22H18F3N3O2S/c1-12-2-4-13(5-3-12)11-31-21-27-19-18(20(30)28-21)16(10-17(29)26-19)14-6-8-15(9-7-14)22(23,24)25/h2-9,16H,10-11H2,1H3,(H2,26,27,28,29,30). The Balaban J connectivity index is 1.62. The summed E-state index contributed by atoms with van der Waals surface area (Å²) in [5, 5.41) is 2.98. The van der Waals surface area contributed by atoms with Gasteiger partial charge in [-0.25, -0.2) is 4.98 Å². The lowest BCUT2D eigenvalue weighted by atomic mass is 9.86. The van der Waals surface area contributed by atoms with Gasteiger partial charge in [0.2, 0.25) is 5.91 Å². The van der Waals surface area contributed by atoms with Crippen molar-refractivity contribution in [3.8, 4) is 0 Å². The topological polar surface area (TPSA) is 74.8 Å². The zero-order valence-corrected chi connectivity index (χ0v) is 17.2. The zero-order valence-electron chi connectivity index (χ0n) is 16.4. The number of amides is 1. The molecule has 3 aromatic rings. The largest absolute Gasteiger partial charge is 0.416 e. The molecule has 0 spiro atoms. The van der Waals surface area contributed by atoms with E-state index in [1.807, 2.05) is 31.2 Å². The molecule has 5 nitrogen and oxygen atoms in total. The van der Waals surface area contributed by atoms with E-state index in [0.29, 0.717) is 16.5 Å². The van der Waals surface area contributed by atoms with Crippen molar-refractivity contribution in [1.29, 1.82) is 0 Å². The van der Waals surface area contributed by atoms with Crippen LogP contribution < -0.4 is 10.9 Å². The Morgan fingerprint density at radius 3 is 2.39 bits per heavy atom. The predicted octanol–water partition coefficient (Wildman–Crippen LogP) is 4.86. The van der Waals surface area contributed by atoms with Gasteiger partial charge in [-0.2, -0.15) is 13.2 Å². The zero-order chi connectivity index (χ0) is 22.2. The number of nitrogens with zero attached hydrogens (tertiary/aromatic N) is 1. The van der Waals surface area contributed by atoms with Gasteiger partial charge in [-0.1, -0.05) is 53.7 Å². The number of aromatic nitrogens is 2. The van der Waals surface area contributed by atoms with Crippen molar-refractivity contribution in [2.45, 2.75) is 36.3 Å². The Bertz CT molecular complexity index is 1170. The monoisotopic (exact) mass is 445 g/mol. The highest BCUT2D eigenvalue weighted by Crippen LogP contribution is 2.36. The van der Waals surface area contributed by atoms with Crippen molar-refractivity contribution in [1.82, 2.24) is 9.97 Å². The SMILES string of the molecule is Cc1ccc(CSc2nc3c(c(=O)[nH]2)C(c2ccc(C(F)(F)F)cc2)CC(=O)N3)cc1. The fourth-order valence-electron chi connectivity index (χ4n) is 3.44. The van der Waals surface area contributed by atoms with E-state index >= 15 is 0 Å². The Kier molecular flexibility index (Phi) is 5.62. The number of hydrogen-bond acceptors (Lipinski definition) is 4. The van der Waals surface area contributed by atoms with Crippen LogP contribution in [0.4, 0.5) is 19.0 Å². The molecule has 2 aromatic carbocycles. The van der Waals surface area contributed by atoms with Crippen molar-refractivity contribution in [3.05, 3.63) is 86.7 Å². The summed E-state index contributed by atoms with van der Waals surface area (Å²) in [7, 11) is 0. The van der Waals surface area contributed by atoms with Crippen LogP contribution in [0.5, 0.6) is 0 Å². The molecule has 0 aliphatic carbocycles. The first-order valence-electron chi connectivity index (χ1n) is 9.50. The molecule has 1 unspecified atom stereocenters. The van der Waals surface area contributed by atoms with Crippen LogP contribution in [0.3, 0.4) is 0 Å². The van der Waals surface area contributed by atoms with Gasteiger partial charge in [0.15, 0.2) is 5.16 Å². The predicted molar refractivity (Wildman–Crippen MR) is 112 cm³/mol. The van der Waals surface area contributed by atoms with Crippen molar-refractivity contribution >= 4 is 23.5 Å². The first kappa shape index (κ1) is 21.2. The number of nitrogens with one attached hydrogen (secondary N) is 2. The number of aryl methyl sites for hydroxylation is 1. The lowest BCUT2D eigenvalue weighted by molar-refractivity contribution is -0.137. The van der Waals surface area contributed by atoms with Gasteiger partial charge < -0.3 is 10.3 Å². The third-order valence-electron chi connectivity index (χ3n) is 5.07. The number of fused-ring (bicyclic) bond motifs is 1. The van der Waals surface area contributed by atoms with Gasteiger partial charge in [0.05, 0.1) is 11.1 Å². The van der Waals surface area contributed by atoms with E-state index in [4.69, 9.17) is 0 Å². The van der Waals surface area contributed by atoms with Gasteiger partial charge >= 0.3 is 6.18 Å². The highest BCUT2D eigenvalue weighted by atomic mass is 32.2. The second kappa shape index (κ2) is 8.22. The number of hydrogen-bond donors (Lipinski definition) is 2. The number of aromatic amines is 1. The molecule has 1 amide bonds. The number of carbonyl (C=O) groups is 1. The average Bonchev–Trinajstić information content (AvgIpc) is 2.72. The molecule has 31 heavy (non-hydrogen) atoms. The average molecular weight is 445 g/mol. The van der Waals surface area contributed by atoms with Gasteiger partial charge in [-0.05, 0) is 30.2 Å². The molecular formula is C22H18F3N3O2S. The first-order chi connectivity index (χ1) is 14.7. The van der Waals surface area contributed by atoms with Crippen LogP contribution in [0.2, 0.25) is 0 Å². The summed E-state index contributed by atoms with van der Waals surface area (Å²) >= 11 is 1.33. The van der Waals surface area contributed by atoms with Gasteiger partial charge in [-0.15, -0.1) is 0 Å². The van der Waals surface area contributed by atoms with E-state index in [-0.39, 0.29) is 23.7 Å². The molecule has 160 valence electrons. The first-order valence-corrected chi connectivity index (χ1v) is 10.5. The Hall–Kier alpha value is -3.07. The summed E-state index contributed by atoms with van der Waals surface area (Å²) in [5.41, 5.74) is 1.71. The fourth-order valence-corrected chi connectivity index (χ4v) is 4.26. The molecule has 2 heterocycles. The van der Waals surface area contributed by atoms with Crippen molar-refractivity contribution in [2.24, 2.45) is 0 Å². The number of benzene rings is 2. The lowest BCUT2D eigenvalue weighted by Gasteiger charge is -2.24. The second-order valence-corrected chi connectivity index (χ2v) is 8.30. The smallest absolute Gasteiger partial charge is 0.310 e. The molecule has 1 aromatic heterocycles. The molecule has 9 heteroatoms. The van der Waals surface area contributed by atoms with Crippen LogP contribution in [-0.4, -0.2) is 15.9 Å². The van der Waals surface area contributed by atoms with Gasteiger partial charge in [0, 0.05) is 18.1 Å². The maximum Gasteiger partial charge on any atom is 0.416 e. The molecule has 0 radical (unpaired) electrons. The quantitative estimate of drug-likeness (QED) is 0.444. The fraction of sp³-hybridized carbons (Fsp3) is 0.227. The number of halogens is 3. The van der Waals surface area contributed by atoms with E-state index < -0.39 is 23.2 Å². The molecule has 0 saturated heterocycles. The summed E-state index contributed by atoms with van der Waals surface area (Å²) < 4.78 is 38.6. The highest BCUT2D eigenvalue weighted by Gasteiger charge is 2.33. The van der Waals surface area contributed by atoms with E-state index in [1.165, 1.54) is 23.9 Å². The van der Waals surface area contributed by atoms with Crippen molar-refractivity contribution in [3.63, 3.8) is 0 Å².